The Morgan fingerprint density at radius 2 is 1.82 bits per heavy atom. The van der Waals surface area contributed by atoms with Crippen LogP contribution in [-0.4, -0.2) is 53.6 Å². The van der Waals surface area contributed by atoms with Crippen LogP contribution in [0, 0.1) is 0 Å². The lowest BCUT2D eigenvalue weighted by molar-refractivity contribution is -0.135. The van der Waals surface area contributed by atoms with Gasteiger partial charge in [-0.05, 0) is 66.1 Å². The van der Waals surface area contributed by atoms with E-state index in [1.54, 1.807) is 35.2 Å². The Bertz CT molecular complexity index is 1150. The normalized spacial score (nSPS) is 17.1. The van der Waals surface area contributed by atoms with Crippen molar-refractivity contribution < 1.29 is 23.9 Å². The number of likely N-dealkylation sites (tertiary alicyclic amines) is 1. The molecule has 4 rings (SSSR count). The largest absolute Gasteiger partial charge is 0.493 e. The van der Waals surface area contributed by atoms with Crippen molar-refractivity contribution >= 4 is 58.1 Å². The van der Waals surface area contributed by atoms with Gasteiger partial charge >= 0.3 is 0 Å². The number of methoxy groups -OCH3 is 1. The Morgan fingerprint density at radius 3 is 2.50 bits per heavy atom. The van der Waals surface area contributed by atoms with Gasteiger partial charge in [-0.3, -0.25) is 19.3 Å². The molecule has 2 aromatic rings. The third-order valence-electron chi connectivity index (χ3n) is 5.47. The highest BCUT2D eigenvalue weighted by Crippen LogP contribution is 2.39. The molecule has 10 heteroatoms. The highest BCUT2D eigenvalue weighted by molar-refractivity contribution is 8.18. The molecule has 0 saturated carbocycles. The minimum absolute atomic E-state index is 0.215. The molecule has 0 radical (unpaired) electrons. The van der Waals surface area contributed by atoms with Gasteiger partial charge in [0, 0.05) is 18.1 Å². The second-order valence-corrected chi connectivity index (χ2v) is 9.64. The fourth-order valence-corrected chi connectivity index (χ4v) is 4.93. The number of hydrogen-bond donors (Lipinski definition) is 0. The zero-order chi connectivity index (χ0) is 24.2. The molecule has 2 fully saturated rings. The molecule has 0 atom stereocenters. The number of thioether (sulfide) groups is 1. The smallest absolute Gasteiger partial charge is 0.294 e. The van der Waals surface area contributed by atoms with Gasteiger partial charge in [0.05, 0.1) is 17.0 Å². The molecule has 0 N–H and O–H groups in total. The van der Waals surface area contributed by atoms with Crippen LogP contribution < -0.4 is 9.47 Å². The maximum Gasteiger partial charge on any atom is 0.294 e. The van der Waals surface area contributed by atoms with Crippen molar-refractivity contribution in [2.24, 2.45) is 0 Å². The number of nitrogens with zero attached hydrogens (tertiary/aromatic N) is 2. The van der Waals surface area contributed by atoms with Gasteiger partial charge in [0.15, 0.2) is 11.5 Å². The van der Waals surface area contributed by atoms with Crippen LogP contribution in [0.4, 0.5) is 4.79 Å². The first-order valence-electron chi connectivity index (χ1n) is 10.6. The fourth-order valence-electron chi connectivity index (χ4n) is 3.69. The van der Waals surface area contributed by atoms with Crippen molar-refractivity contribution in [2.45, 2.75) is 19.4 Å². The molecule has 0 bridgehead atoms. The molecule has 0 spiro atoms. The highest BCUT2D eigenvalue weighted by Gasteiger charge is 2.37. The van der Waals surface area contributed by atoms with Gasteiger partial charge in [0.25, 0.3) is 11.1 Å². The minimum atomic E-state index is -0.499. The number of hydrogen-bond acceptors (Lipinski definition) is 6. The summed E-state index contributed by atoms with van der Waals surface area (Å²) >= 11 is 13.2. The zero-order valence-electron chi connectivity index (χ0n) is 18.4. The molecular weight excluding hydrogens is 499 g/mol. The maximum atomic E-state index is 12.8. The fraction of sp³-hybridized carbons (Fsp3) is 0.292. The van der Waals surface area contributed by atoms with Crippen molar-refractivity contribution in [1.29, 1.82) is 0 Å². The molecule has 34 heavy (non-hydrogen) atoms. The predicted molar refractivity (Wildman–Crippen MR) is 132 cm³/mol. The van der Waals surface area contributed by atoms with E-state index in [1.807, 2.05) is 12.1 Å². The summed E-state index contributed by atoms with van der Waals surface area (Å²) in [6.45, 7) is 1.34. The molecule has 178 valence electrons. The summed E-state index contributed by atoms with van der Waals surface area (Å²) in [6.07, 6.45) is 3.44. The lowest BCUT2D eigenvalue weighted by Crippen LogP contribution is -2.40. The van der Waals surface area contributed by atoms with Gasteiger partial charge in [-0.2, -0.15) is 0 Å². The summed E-state index contributed by atoms with van der Waals surface area (Å²) in [4.78, 5) is 40.5. The van der Waals surface area contributed by atoms with Crippen molar-refractivity contribution in [3.05, 3.63) is 62.5 Å². The molecule has 0 aromatic heterocycles. The molecule has 0 aliphatic carbocycles. The Kier molecular flexibility index (Phi) is 7.70. The highest BCUT2D eigenvalue weighted by atomic mass is 35.5. The van der Waals surface area contributed by atoms with Gasteiger partial charge in [-0.1, -0.05) is 35.3 Å². The van der Waals surface area contributed by atoms with Crippen LogP contribution in [-0.2, 0) is 16.2 Å². The Hall–Kier alpha value is -2.68. The number of carbonyl (C=O) groups excluding carboxylic acids is 3. The van der Waals surface area contributed by atoms with Gasteiger partial charge < -0.3 is 14.4 Å². The van der Waals surface area contributed by atoms with E-state index in [1.165, 1.54) is 7.11 Å². The van der Waals surface area contributed by atoms with Crippen molar-refractivity contribution in [3.63, 3.8) is 0 Å². The van der Waals surface area contributed by atoms with Crippen molar-refractivity contribution in [3.8, 4) is 11.5 Å². The van der Waals surface area contributed by atoms with Crippen molar-refractivity contribution in [2.75, 3.05) is 26.7 Å². The number of carbonyl (C=O) groups is 3. The minimum Gasteiger partial charge on any atom is -0.493 e. The lowest BCUT2D eigenvalue weighted by atomic mass is 10.1. The first kappa shape index (κ1) is 24.4. The lowest BCUT2D eigenvalue weighted by Gasteiger charge is -2.18. The van der Waals surface area contributed by atoms with Gasteiger partial charge in [0.2, 0.25) is 5.91 Å². The van der Waals surface area contributed by atoms with E-state index in [0.717, 1.165) is 35.1 Å². The summed E-state index contributed by atoms with van der Waals surface area (Å²) in [5.41, 5.74) is 1.47. The number of amides is 3. The van der Waals surface area contributed by atoms with Crippen LogP contribution >= 0.6 is 35.0 Å². The SMILES string of the molecule is COc1cc(/C=C2/SC(=O)N(CC(=O)N3CCCC3)C2=O)cc(Cl)c1OCc1ccc(Cl)cc1. The van der Waals surface area contributed by atoms with Crippen LogP contribution in [0.25, 0.3) is 6.08 Å². The predicted octanol–water partition coefficient (Wildman–Crippen LogP) is 5.24. The van der Waals surface area contributed by atoms with E-state index in [0.29, 0.717) is 40.2 Å². The molecule has 7 nitrogen and oxygen atoms in total. The van der Waals surface area contributed by atoms with E-state index in [2.05, 4.69) is 0 Å². The topological polar surface area (TPSA) is 76.2 Å². The van der Waals surface area contributed by atoms with Crippen LogP contribution in [0.1, 0.15) is 24.0 Å². The second-order valence-electron chi connectivity index (χ2n) is 7.81. The Balaban J connectivity index is 1.49. The number of rotatable bonds is 7. The third kappa shape index (κ3) is 5.51. The number of benzene rings is 2. The summed E-state index contributed by atoms with van der Waals surface area (Å²) in [6, 6.07) is 10.5. The molecule has 2 aliphatic heterocycles. The van der Waals surface area contributed by atoms with Crippen LogP contribution in [0.15, 0.2) is 41.3 Å². The first-order valence-corrected chi connectivity index (χ1v) is 12.2. The Morgan fingerprint density at radius 1 is 1.12 bits per heavy atom. The Labute approximate surface area is 211 Å². The average Bonchev–Trinajstić information content (AvgIpc) is 3.44. The maximum absolute atomic E-state index is 12.8. The average molecular weight is 521 g/mol. The quantitative estimate of drug-likeness (QED) is 0.464. The number of halogens is 2. The third-order valence-corrected chi connectivity index (χ3v) is 6.91. The van der Waals surface area contributed by atoms with E-state index < -0.39 is 11.1 Å². The van der Waals surface area contributed by atoms with Crippen LogP contribution in [0.5, 0.6) is 11.5 Å². The van der Waals surface area contributed by atoms with Gasteiger partial charge in [-0.15, -0.1) is 0 Å². The monoisotopic (exact) mass is 520 g/mol. The van der Waals surface area contributed by atoms with Crippen molar-refractivity contribution in [1.82, 2.24) is 9.80 Å². The zero-order valence-corrected chi connectivity index (χ0v) is 20.7. The first-order chi connectivity index (χ1) is 16.4. The summed E-state index contributed by atoms with van der Waals surface area (Å²) in [5.74, 6) is 0.0328. The molecule has 2 aliphatic rings. The van der Waals surface area contributed by atoms with E-state index in [4.69, 9.17) is 32.7 Å². The second kappa shape index (κ2) is 10.7. The summed E-state index contributed by atoms with van der Waals surface area (Å²) in [5, 5.41) is 0.460. The standard InChI is InChI=1S/C24H22Cl2N2O5S/c1-32-19-11-16(10-18(26)22(19)33-14-15-4-6-17(25)7-5-15)12-20-23(30)28(24(31)34-20)13-21(29)27-8-2-3-9-27/h4-7,10-12H,2-3,8-9,13-14H2,1H3/b20-12+. The van der Waals surface area contributed by atoms with Crippen LogP contribution in [0.2, 0.25) is 10.0 Å². The molecule has 2 saturated heterocycles. The molecule has 0 unspecified atom stereocenters. The molecule has 2 heterocycles. The van der Waals surface area contributed by atoms with E-state index >= 15 is 0 Å². The van der Waals surface area contributed by atoms with E-state index in [9.17, 15) is 14.4 Å². The summed E-state index contributed by atoms with van der Waals surface area (Å²) in [7, 11) is 1.49. The number of imide groups is 1. The number of ether oxygens (including phenoxy) is 2. The van der Waals surface area contributed by atoms with Gasteiger partial charge in [-0.25, -0.2) is 0 Å². The molecule has 2 aromatic carbocycles. The summed E-state index contributed by atoms with van der Waals surface area (Å²) < 4.78 is 11.3. The molecular formula is C24H22Cl2N2O5S. The van der Waals surface area contributed by atoms with Crippen LogP contribution in [0.3, 0.4) is 0 Å². The van der Waals surface area contributed by atoms with Gasteiger partial charge in [0.1, 0.15) is 13.2 Å². The van der Waals surface area contributed by atoms with E-state index in [-0.39, 0.29) is 24.0 Å². The molecule has 3 amide bonds.